The number of hydrogen-bond donors (Lipinski definition) is 2. The number of carbonyl (C=O) groups excluding carboxylic acids is 1. The van der Waals surface area contributed by atoms with Gasteiger partial charge in [-0.05, 0) is 49.9 Å². The molecule has 0 radical (unpaired) electrons. The van der Waals surface area contributed by atoms with E-state index in [2.05, 4.69) is 5.43 Å². The van der Waals surface area contributed by atoms with Crippen LogP contribution in [0.5, 0.6) is 5.75 Å². The molecular formula is C14H19ClN2O3. The maximum Gasteiger partial charge on any atom is 0.263 e. The number of benzene rings is 1. The van der Waals surface area contributed by atoms with Crippen LogP contribution >= 0.6 is 11.6 Å². The van der Waals surface area contributed by atoms with Gasteiger partial charge in [0.2, 0.25) is 0 Å². The maximum absolute atomic E-state index is 11.3. The van der Waals surface area contributed by atoms with E-state index in [1.54, 1.807) is 0 Å². The first-order valence-corrected chi connectivity index (χ1v) is 6.94. The molecular weight excluding hydrogens is 280 g/mol. The van der Waals surface area contributed by atoms with Gasteiger partial charge in [0.05, 0.1) is 6.10 Å². The van der Waals surface area contributed by atoms with Gasteiger partial charge >= 0.3 is 0 Å². The van der Waals surface area contributed by atoms with Crippen LogP contribution in [0.2, 0.25) is 5.02 Å². The van der Waals surface area contributed by atoms with Crippen molar-refractivity contribution in [1.29, 1.82) is 0 Å². The second-order valence-corrected chi connectivity index (χ2v) is 5.39. The molecule has 110 valence electrons. The van der Waals surface area contributed by atoms with Crippen molar-refractivity contribution in [3.63, 3.8) is 0 Å². The molecule has 1 fully saturated rings. The molecule has 5 nitrogen and oxygen atoms in total. The predicted octanol–water partition coefficient (Wildman–Crippen LogP) is 1.87. The van der Waals surface area contributed by atoms with Crippen LogP contribution in [0.15, 0.2) is 12.1 Å². The van der Waals surface area contributed by atoms with Gasteiger partial charge in [-0.3, -0.25) is 10.2 Å². The third kappa shape index (κ3) is 3.42. The summed E-state index contributed by atoms with van der Waals surface area (Å²) >= 11 is 6.11. The Kier molecular flexibility index (Phi) is 4.86. The second kappa shape index (κ2) is 6.43. The maximum atomic E-state index is 11.3. The number of carbonyl (C=O) groups is 1. The highest BCUT2D eigenvalue weighted by Crippen LogP contribution is 2.27. The van der Waals surface area contributed by atoms with Gasteiger partial charge in [0.25, 0.3) is 5.91 Å². The van der Waals surface area contributed by atoms with Crippen molar-refractivity contribution in [2.75, 3.05) is 6.61 Å². The zero-order valence-electron chi connectivity index (χ0n) is 11.6. The highest BCUT2D eigenvalue weighted by Gasteiger charge is 2.30. The van der Waals surface area contributed by atoms with Crippen molar-refractivity contribution in [2.45, 2.75) is 38.9 Å². The third-order valence-electron chi connectivity index (χ3n) is 3.39. The summed E-state index contributed by atoms with van der Waals surface area (Å²) in [6, 6.07) is 3.79. The highest BCUT2D eigenvalue weighted by atomic mass is 35.5. The Morgan fingerprint density at radius 2 is 2.10 bits per heavy atom. The lowest BCUT2D eigenvalue weighted by Gasteiger charge is -2.15. The lowest BCUT2D eigenvalue weighted by molar-refractivity contribution is -0.132. The van der Waals surface area contributed by atoms with Crippen LogP contribution in [0.25, 0.3) is 0 Å². The molecule has 1 aliphatic rings. The van der Waals surface area contributed by atoms with Crippen LogP contribution < -0.4 is 16.0 Å². The minimum absolute atomic E-state index is 0.0893. The standard InChI is InChI=1S/C14H19ClN2O3/c1-8-5-11(6-9(2)13(8)15)19-7-10-3-4-12(20-10)14(18)17-16/h5-6,10,12H,3-4,7,16H2,1-2H3,(H,17,18). The lowest BCUT2D eigenvalue weighted by Crippen LogP contribution is -2.39. The van der Waals surface area contributed by atoms with E-state index >= 15 is 0 Å². The summed E-state index contributed by atoms with van der Waals surface area (Å²) in [5.41, 5.74) is 4.06. The summed E-state index contributed by atoms with van der Waals surface area (Å²) in [4.78, 5) is 11.3. The quantitative estimate of drug-likeness (QED) is 0.506. The van der Waals surface area contributed by atoms with Gasteiger partial charge in [0.1, 0.15) is 18.5 Å². The predicted molar refractivity (Wildman–Crippen MR) is 76.6 cm³/mol. The molecule has 1 saturated heterocycles. The molecule has 1 aromatic carbocycles. The molecule has 2 atom stereocenters. The molecule has 6 heteroatoms. The van der Waals surface area contributed by atoms with Crippen LogP contribution in [0, 0.1) is 13.8 Å². The highest BCUT2D eigenvalue weighted by molar-refractivity contribution is 6.32. The van der Waals surface area contributed by atoms with Crippen molar-refractivity contribution in [3.05, 3.63) is 28.3 Å². The topological polar surface area (TPSA) is 73.6 Å². The molecule has 3 N–H and O–H groups in total. The minimum Gasteiger partial charge on any atom is -0.491 e. The molecule has 0 aliphatic carbocycles. The Morgan fingerprint density at radius 3 is 2.70 bits per heavy atom. The summed E-state index contributed by atoms with van der Waals surface area (Å²) in [5, 5.41) is 0.758. The summed E-state index contributed by atoms with van der Waals surface area (Å²) in [6.07, 6.45) is 0.884. The van der Waals surface area contributed by atoms with Crippen molar-refractivity contribution in [2.24, 2.45) is 5.84 Å². The fourth-order valence-corrected chi connectivity index (χ4v) is 2.40. The van der Waals surface area contributed by atoms with Gasteiger partial charge in [-0.2, -0.15) is 0 Å². The van der Waals surface area contributed by atoms with Crippen LogP contribution in [-0.4, -0.2) is 24.7 Å². The zero-order chi connectivity index (χ0) is 14.7. The van der Waals surface area contributed by atoms with Gasteiger partial charge in [-0.1, -0.05) is 11.6 Å². The molecule has 0 bridgehead atoms. The number of halogens is 1. The molecule has 1 aliphatic heterocycles. The Bertz CT molecular complexity index is 484. The SMILES string of the molecule is Cc1cc(OCC2CCC(C(=O)NN)O2)cc(C)c1Cl. The Labute approximate surface area is 123 Å². The first-order chi connectivity index (χ1) is 9.51. The molecule has 1 aromatic rings. The van der Waals surface area contributed by atoms with E-state index < -0.39 is 6.10 Å². The number of hydrazine groups is 1. The molecule has 1 amide bonds. The second-order valence-electron chi connectivity index (χ2n) is 5.01. The summed E-state index contributed by atoms with van der Waals surface area (Å²) in [5.74, 6) is 5.56. The normalized spacial score (nSPS) is 21.8. The average molecular weight is 299 g/mol. The van der Waals surface area contributed by atoms with E-state index in [0.717, 1.165) is 28.3 Å². The number of amides is 1. The lowest BCUT2D eigenvalue weighted by atomic mass is 10.1. The first-order valence-electron chi connectivity index (χ1n) is 6.56. The average Bonchev–Trinajstić information content (AvgIpc) is 2.90. The molecule has 0 aromatic heterocycles. The van der Waals surface area contributed by atoms with Gasteiger partial charge in [0.15, 0.2) is 0 Å². The van der Waals surface area contributed by atoms with Crippen molar-refractivity contribution >= 4 is 17.5 Å². The Hall–Kier alpha value is -1.30. The van der Waals surface area contributed by atoms with Crippen molar-refractivity contribution < 1.29 is 14.3 Å². The number of nitrogens with two attached hydrogens (primary N) is 1. The minimum atomic E-state index is -0.470. The number of nitrogens with one attached hydrogen (secondary N) is 1. The van der Waals surface area contributed by atoms with Crippen LogP contribution in [-0.2, 0) is 9.53 Å². The van der Waals surface area contributed by atoms with E-state index in [1.165, 1.54) is 0 Å². The van der Waals surface area contributed by atoms with E-state index in [0.29, 0.717) is 13.0 Å². The third-order valence-corrected chi connectivity index (χ3v) is 3.98. The molecule has 0 spiro atoms. The molecule has 2 unspecified atom stereocenters. The smallest absolute Gasteiger partial charge is 0.263 e. The zero-order valence-corrected chi connectivity index (χ0v) is 12.4. The Morgan fingerprint density at radius 1 is 1.45 bits per heavy atom. The largest absolute Gasteiger partial charge is 0.491 e. The first kappa shape index (κ1) is 15.1. The summed E-state index contributed by atoms with van der Waals surface area (Å²) in [7, 11) is 0. The molecule has 2 rings (SSSR count). The molecule has 0 saturated carbocycles. The summed E-state index contributed by atoms with van der Waals surface area (Å²) < 4.78 is 11.3. The van der Waals surface area contributed by atoms with Gasteiger partial charge in [0, 0.05) is 5.02 Å². The number of aryl methyl sites for hydroxylation is 2. The molecule has 20 heavy (non-hydrogen) atoms. The monoisotopic (exact) mass is 298 g/mol. The van der Waals surface area contributed by atoms with Crippen molar-refractivity contribution in [1.82, 2.24) is 5.43 Å². The Balaban J connectivity index is 1.89. The fourth-order valence-electron chi connectivity index (χ4n) is 2.29. The van der Waals surface area contributed by atoms with Crippen LogP contribution in [0.1, 0.15) is 24.0 Å². The van der Waals surface area contributed by atoms with Gasteiger partial charge in [-0.15, -0.1) is 0 Å². The number of rotatable bonds is 4. The van der Waals surface area contributed by atoms with E-state index in [9.17, 15) is 4.79 Å². The van der Waals surface area contributed by atoms with Gasteiger partial charge < -0.3 is 9.47 Å². The van der Waals surface area contributed by atoms with E-state index in [4.69, 9.17) is 26.9 Å². The van der Waals surface area contributed by atoms with E-state index in [-0.39, 0.29) is 12.0 Å². The number of ether oxygens (including phenoxy) is 2. The van der Waals surface area contributed by atoms with Crippen LogP contribution in [0.3, 0.4) is 0 Å². The van der Waals surface area contributed by atoms with Crippen molar-refractivity contribution in [3.8, 4) is 5.75 Å². The van der Waals surface area contributed by atoms with Gasteiger partial charge in [-0.25, -0.2) is 5.84 Å². The summed E-state index contributed by atoms with van der Waals surface area (Å²) in [6.45, 7) is 4.29. The fraction of sp³-hybridized carbons (Fsp3) is 0.500. The molecule has 1 heterocycles. The van der Waals surface area contributed by atoms with Crippen LogP contribution in [0.4, 0.5) is 0 Å². The van der Waals surface area contributed by atoms with E-state index in [1.807, 2.05) is 26.0 Å². The number of hydrogen-bond acceptors (Lipinski definition) is 4.